The predicted molar refractivity (Wildman–Crippen MR) is 82.8 cm³/mol. The smallest absolute Gasteiger partial charge is 0.407 e. The predicted octanol–water partition coefficient (Wildman–Crippen LogP) is 2.37. The number of carbonyl (C=O) groups excluding carboxylic acids is 1. The maximum absolute atomic E-state index is 11.8. The molecule has 22 heavy (non-hydrogen) atoms. The number of aliphatic carboxylic acids is 1. The van der Waals surface area contributed by atoms with E-state index in [2.05, 4.69) is 10.2 Å². The van der Waals surface area contributed by atoms with Crippen LogP contribution in [0.1, 0.15) is 59.3 Å². The summed E-state index contributed by atoms with van der Waals surface area (Å²) in [5.74, 6) is -0.749. The van der Waals surface area contributed by atoms with Gasteiger partial charge in [0.15, 0.2) is 0 Å². The number of hydrogen-bond acceptors (Lipinski definition) is 4. The van der Waals surface area contributed by atoms with Gasteiger partial charge in [0.25, 0.3) is 0 Å². The van der Waals surface area contributed by atoms with Crippen molar-refractivity contribution >= 4 is 12.1 Å². The Balaban J connectivity index is 1.77. The lowest BCUT2D eigenvalue weighted by atomic mass is 9.90. The molecule has 0 aromatic rings. The van der Waals surface area contributed by atoms with Gasteiger partial charge in [-0.25, -0.2) is 4.79 Å². The molecule has 2 aliphatic rings. The summed E-state index contributed by atoms with van der Waals surface area (Å²) in [4.78, 5) is 24.9. The summed E-state index contributed by atoms with van der Waals surface area (Å²) in [5.41, 5.74) is -0.481. The summed E-state index contributed by atoms with van der Waals surface area (Å²) in [5, 5.41) is 12.0. The van der Waals surface area contributed by atoms with Crippen LogP contribution in [0.4, 0.5) is 4.79 Å². The first-order valence-corrected chi connectivity index (χ1v) is 8.21. The summed E-state index contributed by atoms with van der Waals surface area (Å²) in [7, 11) is 0. The minimum absolute atomic E-state index is 0.136. The number of rotatable bonds is 5. The fourth-order valence-corrected chi connectivity index (χ4v) is 3.14. The number of carboxylic acids is 1. The van der Waals surface area contributed by atoms with Gasteiger partial charge in [-0.05, 0) is 59.3 Å². The lowest BCUT2D eigenvalue weighted by Gasteiger charge is -2.36. The Morgan fingerprint density at radius 3 is 2.00 bits per heavy atom. The number of carboxylic acid groups (broad SMARTS) is 1. The SMILES string of the molecule is CC(C)(C)OC(=O)NC1CCC(N(CC(=O)O)C2CC2)CC1. The molecular formula is C16H28N2O4. The molecule has 0 aliphatic heterocycles. The van der Waals surface area contributed by atoms with Gasteiger partial charge in [-0.1, -0.05) is 0 Å². The molecule has 6 heteroatoms. The van der Waals surface area contributed by atoms with Crippen molar-refractivity contribution in [2.45, 2.75) is 83.0 Å². The third-order valence-electron chi connectivity index (χ3n) is 4.22. The van der Waals surface area contributed by atoms with Crippen molar-refractivity contribution < 1.29 is 19.4 Å². The van der Waals surface area contributed by atoms with Crippen LogP contribution in [0.2, 0.25) is 0 Å². The van der Waals surface area contributed by atoms with Crippen molar-refractivity contribution in [3.8, 4) is 0 Å². The third kappa shape index (κ3) is 5.48. The van der Waals surface area contributed by atoms with Gasteiger partial charge in [0.2, 0.25) is 0 Å². The van der Waals surface area contributed by atoms with Gasteiger partial charge >= 0.3 is 12.1 Å². The molecule has 6 nitrogen and oxygen atoms in total. The van der Waals surface area contributed by atoms with E-state index in [0.717, 1.165) is 38.5 Å². The molecule has 126 valence electrons. The average molecular weight is 312 g/mol. The Labute approximate surface area is 132 Å². The van der Waals surface area contributed by atoms with E-state index in [0.29, 0.717) is 12.1 Å². The highest BCUT2D eigenvalue weighted by atomic mass is 16.6. The Hall–Kier alpha value is -1.30. The van der Waals surface area contributed by atoms with Crippen molar-refractivity contribution in [3.05, 3.63) is 0 Å². The van der Waals surface area contributed by atoms with Crippen molar-refractivity contribution in [1.82, 2.24) is 10.2 Å². The van der Waals surface area contributed by atoms with Crippen LogP contribution in [-0.2, 0) is 9.53 Å². The summed E-state index contributed by atoms with van der Waals surface area (Å²) >= 11 is 0. The minimum Gasteiger partial charge on any atom is -0.480 e. The van der Waals surface area contributed by atoms with Gasteiger partial charge in [0, 0.05) is 18.1 Å². The number of amides is 1. The lowest BCUT2D eigenvalue weighted by Crippen LogP contribution is -2.47. The van der Waals surface area contributed by atoms with Crippen LogP contribution in [0.25, 0.3) is 0 Å². The van der Waals surface area contributed by atoms with Gasteiger partial charge in [0.05, 0.1) is 6.54 Å². The molecule has 0 radical (unpaired) electrons. The van der Waals surface area contributed by atoms with E-state index >= 15 is 0 Å². The van der Waals surface area contributed by atoms with Gasteiger partial charge in [0.1, 0.15) is 5.60 Å². The molecule has 2 saturated carbocycles. The first kappa shape index (κ1) is 17.1. The van der Waals surface area contributed by atoms with Gasteiger partial charge < -0.3 is 15.2 Å². The molecule has 2 aliphatic carbocycles. The highest BCUT2D eigenvalue weighted by molar-refractivity contribution is 5.69. The largest absolute Gasteiger partial charge is 0.480 e. The maximum atomic E-state index is 11.8. The van der Waals surface area contributed by atoms with E-state index < -0.39 is 11.6 Å². The number of hydrogen-bond donors (Lipinski definition) is 2. The number of nitrogens with one attached hydrogen (secondary N) is 1. The molecule has 0 heterocycles. The molecule has 0 aromatic heterocycles. The van der Waals surface area contributed by atoms with E-state index in [4.69, 9.17) is 9.84 Å². The molecular weight excluding hydrogens is 284 g/mol. The fourth-order valence-electron chi connectivity index (χ4n) is 3.14. The summed E-state index contributed by atoms with van der Waals surface area (Å²) in [6.45, 7) is 5.69. The Morgan fingerprint density at radius 2 is 1.59 bits per heavy atom. The first-order valence-electron chi connectivity index (χ1n) is 8.21. The van der Waals surface area contributed by atoms with Crippen molar-refractivity contribution in [2.24, 2.45) is 0 Å². The zero-order chi connectivity index (χ0) is 16.3. The maximum Gasteiger partial charge on any atom is 0.407 e. The summed E-state index contributed by atoms with van der Waals surface area (Å²) < 4.78 is 5.28. The highest BCUT2D eigenvalue weighted by Gasteiger charge is 2.37. The zero-order valence-electron chi connectivity index (χ0n) is 13.8. The van der Waals surface area contributed by atoms with Crippen LogP contribution in [0, 0.1) is 0 Å². The lowest BCUT2D eigenvalue weighted by molar-refractivity contribution is -0.139. The van der Waals surface area contributed by atoms with Crippen molar-refractivity contribution in [2.75, 3.05) is 6.54 Å². The Bertz CT molecular complexity index is 407. The standard InChI is InChI=1S/C16H28N2O4/c1-16(2,3)22-15(21)17-11-4-6-12(7-5-11)18(10-14(19)20)13-8-9-13/h11-13H,4-10H2,1-3H3,(H,17,21)(H,19,20). The number of nitrogens with zero attached hydrogens (tertiary/aromatic N) is 1. The molecule has 0 atom stereocenters. The molecule has 0 unspecified atom stereocenters. The average Bonchev–Trinajstić information content (AvgIpc) is 3.18. The second-order valence-corrected chi connectivity index (χ2v) is 7.45. The monoisotopic (exact) mass is 312 g/mol. The Kier molecular flexibility index (Phi) is 5.32. The van der Waals surface area contributed by atoms with Crippen LogP contribution in [0.15, 0.2) is 0 Å². The topological polar surface area (TPSA) is 78.9 Å². The van der Waals surface area contributed by atoms with Crippen LogP contribution in [0.3, 0.4) is 0 Å². The number of carbonyl (C=O) groups is 2. The van der Waals surface area contributed by atoms with Crippen LogP contribution in [0.5, 0.6) is 0 Å². The molecule has 2 fully saturated rings. The number of alkyl carbamates (subject to hydrolysis) is 1. The van der Waals surface area contributed by atoms with Crippen LogP contribution >= 0.6 is 0 Å². The van der Waals surface area contributed by atoms with Gasteiger partial charge in [-0.2, -0.15) is 0 Å². The summed E-state index contributed by atoms with van der Waals surface area (Å²) in [6.07, 6.45) is 5.50. The normalized spacial score (nSPS) is 25.8. The third-order valence-corrected chi connectivity index (χ3v) is 4.22. The molecule has 0 spiro atoms. The summed E-state index contributed by atoms with van der Waals surface area (Å²) in [6, 6.07) is 0.925. The van der Waals surface area contributed by atoms with Crippen molar-refractivity contribution in [3.63, 3.8) is 0 Å². The molecule has 1 amide bonds. The van der Waals surface area contributed by atoms with E-state index in [-0.39, 0.29) is 18.7 Å². The van der Waals surface area contributed by atoms with Crippen molar-refractivity contribution in [1.29, 1.82) is 0 Å². The fraction of sp³-hybridized carbons (Fsp3) is 0.875. The first-order chi connectivity index (χ1) is 10.2. The van der Waals surface area contributed by atoms with E-state index in [1.165, 1.54) is 0 Å². The Morgan fingerprint density at radius 1 is 1.09 bits per heavy atom. The molecule has 0 saturated heterocycles. The molecule has 0 aromatic carbocycles. The van der Waals surface area contributed by atoms with E-state index in [9.17, 15) is 9.59 Å². The van der Waals surface area contributed by atoms with Gasteiger partial charge in [-0.15, -0.1) is 0 Å². The minimum atomic E-state index is -0.749. The quantitative estimate of drug-likeness (QED) is 0.815. The molecule has 2 N–H and O–H groups in total. The second-order valence-electron chi connectivity index (χ2n) is 7.45. The zero-order valence-corrected chi connectivity index (χ0v) is 13.8. The van der Waals surface area contributed by atoms with E-state index in [1.54, 1.807) is 0 Å². The van der Waals surface area contributed by atoms with Crippen LogP contribution < -0.4 is 5.32 Å². The van der Waals surface area contributed by atoms with Crippen LogP contribution in [-0.4, -0.2) is 52.3 Å². The van der Waals surface area contributed by atoms with Gasteiger partial charge in [-0.3, -0.25) is 9.69 Å². The number of ether oxygens (including phenoxy) is 1. The van der Waals surface area contributed by atoms with E-state index in [1.807, 2.05) is 20.8 Å². The molecule has 2 rings (SSSR count). The second kappa shape index (κ2) is 6.86. The highest BCUT2D eigenvalue weighted by Crippen LogP contribution is 2.33. The molecule has 0 bridgehead atoms.